The highest BCUT2D eigenvalue weighted by Crippen LogP contribution is 2.54. The van der Waals surface area contributed by atoms with Gasteiger partial charge in [0.15, 0.2) is 0 Å². The fourth-order valence-corrected chi connectivity index (χ4v) is 5.97. The van der Waals surface area contributed by atoms with E-state index in [1.54, 1.807) is 20.8 Å². The molecule has 1 aliphatic rings. The van der Waals surface area contributed by atoms with Crippen molar-refractivity contribution in [1.82, 2.24) is 0 Å². The van der Waals surface area contributed by atoms with Gasteiger partial charge in [0.2, 0.25) is 0 Å². The molecular formula is C15H35FO9P2. The zero-order valence-electron chi connectivity index (χ0n) is 17.3. The van der Waals surface area contributed by atoms with Crippen LogP contribution in [0.1, 0.15) is 22.1 Å². The molecule has 0 amide bonds. The van der Waals surface area contributed by atoms with Crippen LogP contribution in [0.2, 0.25) is 0 Å². The van der Waals surface area contributed by atoms with Crippen LogP contribution in [0.5, 0.6) is 0 Å². The maximum Gasteiger partial charge on any atom is 0.331 e. The van der Waals surface area contributed by atoms with Crippen molar-refractivity contribution in [3.05, 3.63) is 0 Å². The van der Waals surface area contributed by atoms with Gasteiger partial charge in [0.05, 0.1) is 47.3 Å². The highest BCUT2D eigenvalue weighted by atomic mass is 31.2. The number of hydrogen-bond donors (Lipinski definition) is 3. The molecule has 0 spiro atoms. The van der Waals surface area contributed by atoms with Gasteiger partial charge in [-0.25, -0.2) is 0 Å². The van der Waals surface area contributed by atoms with Crippen molar-refractivity contribution < 1.29 is 48.3 Å². The minimum Gasteiger partial charge on any atom is -0.396 e. The fourth-order valence-electron chi connectivity index (χ4n) is 2.06. The van der Waals surface area contributed by atoms with E-state index in [9.17, 15) is 13.5 Å². The van der Waals surface area contributed by atoms with Crippen molar-refractivity contribution >= 4 is 15.2 Å². The predicted molar refractivity (Wildman–Crippen MR) is 101 cm³/mol. The molecule has 9 nitrogen and oxygen atoms in total. The molecule has 3 N–H and O–H groups in total. The minimum absolute atomic E-state index is 0.00705. The van der Waals surface area contributed by atoms with Gasteiger partial charge in [-0.15, -0.1) is 0 Å². The summed E-state index contributed by atoms with van der Waals surface area (Å²) in [6.45, 7) is 6.13. The molecule has 0 aromatic rings. The molecule has 166 valence electrons. The van der Waals surface area contributed by atoms with Gasteiger partial charge in [-0.05, 0) is 20.8 Å². The molecule has 0 bridgehead atoms. The average molecular weight is 441 g/mol. The lowest BCUT2D eigenvalue weighted by atomic mass is 10.2. The van der Waals surface area contributed by atoms with Crippen LogP contribution in [0.25, 0.3) is 0 Å². The molecule has 27 heavy (non-hydrogen) atoms. The van der Waals surface area contributed by atoms with Gasteiger partial charge >= 0.3 is 15.2 Å². The second-order valence-corrected chi connectivity index (χ2v) is 9.62. The Labute approximate surface area is 162 Å². The highest BCUT2D eigenvalue weighted by molar-refractivity contribution is 7.54. The van der Waals surface area contributed by atoms with Crippen LogP contribution in [0.15, 0.2) is 0 Å². The van der Waals surface area contributed by atoms with Crippen LogP contribution in [0, 0.1) is 11.8 Å². The number of alkyl halides is 1. The Morgan fingerprint density at radius 3 is 2.07 bits per heavy atom. The molecular weight excluding hydrogens is 405 g/mol. The van der Waals surface area contributed by atoms with E-state index in [-0.39, 0.29) is 31.9 Å². The average Bonchev–Trinajstić information content (AvgIpc) is 3.03. The maximum atomic E-state index is 11.9. The molecule has 0 radical (unpaired) electrons. The summed E-state index contributed by atoms with van der Waals surface area (Å²) in [7, 11) is -6.93. The van der Waals surface area contributed by atoms with E-state index in [0.29, 0.717) is 32.6 Å². The van der Waals surface area contributed by atoms with Crippen LogP contribution in [0.3, 0.4) is 0 Å². The van der Waals surface area contributed by atoms with E-state index in [0.717, 1.165) is 0 Å². The van der Waals surface area contributed by atoms with Gasteiger partial charge in [0.25, 0.3) is 0 Å². The second kappa shape index (κ2) is 17.0. The Balaban J connectivity index is 0. The maximum absolute atomic E-state index is 11.9. The summed E-state index contributed by atoms with van der Waals surface area (Å²) in [6, 6.07) is 0. The minimum atomic E-state index is -3.13. The van der Waals surface area contributed by atoms with Crippen LogP contribution in [-0.4, -0.2) is 81.0 Å². The first-order chi connectivity index (χ1) is 13.2. The van der Waals surface area contributed by atoms with Crippen LogP contribution in [0.4, 0.5) is 4.39 Å². The molecule has 1 saturated heterocycles. The Hall–Kier alpha value is 0.110. The van der Waals surface area contributed by atoms with E-state index in [1.807, 2.05) is 0 Å². The predicted octanol–water partition coefficient (Wildman–Crippen LogP) is 2.29. The van der Waals surface area contributed by atoms with Crippen molar-refractivity contribution in [2.45, 2.75) is 20.8 Å². The lowest BCUT2D eigenvalue weighted by Crippen LogP contribution is -2.17. The topological polar surface area (TPSA) is 132 Å². The van der Waals surface area contributed by atoms with E-state index in [1.165, 1.54) is 0 Å². The Morgan fingerprint density at radius 2 is 1.74 bits per heavy atom. The molecule has 2 atom stereocenters. The third kappa shape index (κ3) is 13.0. The molecule has 0 aromatic heterocycles. The van der Waals surface area contributed by atoms with Crippen LogP contribution < -0.4 is 0 Å². The smallest absolute Gasteiger partial charge is 0.331 e. The number of halogens is 1. The first-order valence-corrected chi connectivity index (χ1v) is 12.1. The highest BCUT2D eigenvalue weighted by Gasteiger charge is 2.35. The van der Waals surface area contributed by atoms with Crippen molar-refractivity contribution in [3.8, 4) is 0 Å². The van der Waals surface area contributed by atoms with Gasteiger partial charge in [-0.2, -0.15) is 0 Å². The summed E-state index contributed by atoms with van der Waals surface area (Å²) < 4.78 is 58.7. The molecule has 0 aliphatic carbocycles. The molecule has 1 aliphatic heterocycles. The number of rotatable bonds is 11. The Bertz CT molecular complexity index is 445. The fraction of sp³-hybridized carbons (Fsp3) is 1.00. The summed E-state index contributed by atoms with van der Waals surface area (Å²) >= 11 is 0. The van der Waals surface area contributed by atoms with Gasteiger partial charge < -0.3 is 33.4 Å². The SMILES string of the molecule is CCOP(=O)(CC(CO)CO)OCC.CCOP1(=O)CC(CO)CO1.[2H]CF. The van der Waals surface area contributed by atoms with Crippen LogP contribution >= 0.6 is 15.2 Å². The molecule has 0 aromatic carbocycles. The Morgan fingerprint density at radius 1 is 1.22 bits per heavy atom. The quantitative estimate of drug-likeness (QED) is 0.413. The summed E-state index contributed by atoms with van der Waals surface area (Å²) in [5.41, 5.74) is 0. The largest absolute Gasteiger partial charge is 0.396 e. The lowest BCUT2D eigenvalue weighted by molar-refractivity contribution is 0.150. The second-order valence-electron chi connectivity index (χ2n) is 5.42. The molecule has 1 fully saturated rings. The zero-order chi connectivity index (χ0) is 22.1. The van der Waals surface area contributed by atoms with E-state index >= 15 is 0 Å². The van der Waals surface area contributed by atoms with E-state index in [4.69, 9.17) is 34.8 Å². The van der Waals surface area contributed by atoms with Crippen LogP contribution in [-0.2, 0) is 27.2 Å². The molecule has 2 unspecified atom stereocenters. The lowest BCUT2D eigenvalue weighted by Gasteiger charge is -2.20. The summed E-state index contributed by atoms with van der Waals surface area (Å²) in [6.07, 6.45) is 0.416. The number of aliphatic hydroxyl groups is 3. The molecule has 12 heteroatoms. The molecule has 1 rings (SSSR count). The number of hydrogen-bond acceptors (Lipinski definition) is 9. The summed E-state index contributed by atoms with van der Waals surface area (Å²) in [4.78, 5) is 0. The molecule has 0 saturated carbocycles. The van der Waals surface area contributed by atoms with Gasteiger partial charge in [0.1, 0.15) is 0 Å². The van der Waals surface area contributed by atoms with Crippen molar-refractivity contribution in [3.63, 3.8) is 0 Å². The van der Waals surface area contributed by atoms with E-state index < -0.39 is 28.3 Å². The van der Waals surface area contributed by atoms with Crippen molar-refractivity contribution in [2.24, 2.45) is 11.8 Å². The number of aliphatic hydroxyl groups excluding tert-OH is 3. The Kier molecular flexibility index (Phi) is 17.1. The van der Waals surface area contributed by atoms with E-state index in [2.05, 4.69) is 0 Å². The zero-order valence-corrected chi connectivity index (χ0v) is 18.1. The van der Waals surface area contributed by atoms with Crippen molar-refractivity contribution in [1.29, 1.82) is 0 Å². The standard InChI is InChI=1S/C8H19O5P.C6H13O4P.CH3F/c1-3-12-14(11,13-4-2)7-8(5-9)6-10;1-2-9-11(8)5-6(3-7)4-10-11;1-2/h8-10H,3-7H2,1-2H3;6-7H,2-5H2,1H3;1H3/i;;1D. The first-order valence-electron chi connectivity index (χ1n) is 9.38. The van der Waals surface area contributed by atoms with Gasteiger partial charge in [-0.3, -0.25) is 13.5 Å². The molecule has 1 heterocycles. The van der Waals surface area contributed by atoms with Gasteiger partial charge in [-0.1, -0.05) is 0 Å². The summed E-state index contributed by atoms with van der Waals surface area (Å²) in [5, 5.41) is 26.4. The normalized spacial score (nSPS) is 22.5. The van der Waals surface area contributed by atoms with Crippen molar-refractivity contribution in [2.75, 3.05) is 65.7 Å². The summed E-state index contributed by atoms with van der Waals surface area (Å²) in [5.74, 6) is -0.452. The first kappa shape index (κ1) is 27.1. The third-order valence-corrected chi connectivity index (χ3v) is 7.65. The van der Waals surface area contributed by atoms with Gasteiger partial charge in [0, 0.05) is 31.7 Å². The third-order valence-electron chi connectivity index (χ3n) is 3.22. The monoisotopic (exact) mass is 441 g/mol.